The molecule has 1 aromatic carbocycles. The van der Waals surface area contributed by atoms with Gasteiger partial charge in [0.25, 0.3) is 0 Å². The molecule has 1 amide bonds. The predicted octanol–water partition coefficient (Wildman–Crippen LogP) is 1.74. The van der Waals surface area contributed by atoms with E-state index in [2.05, 4.69) is 29.2 Å². The number of likely N-dealkylation sites (tertiary alicyclic amines) is 1. The monoisotopic (exact) mass is 273 g/mol. The molecule has 0 bridgehead atoms. The summed E-state index contributed by atoms with van der Waals surface area (Å²) in [5.41, 5.74) is 8.14. The zero-order valence-electron chi connectivity index (χ0n) is 11.9. The molecule has 4 nitrogen and oxygen atoms in total. The van der Waals surface area contributed by atoms with Gasteiger partial charge in [-0.15, -0.1) is 0 Å². The maximum Gasteiger partial charge on any atom is 0.228 e. The van der Waals surface area contributed by atoms with Crippen molar-refractivity contribution in [1.29, 1.82) is 0 Å². The molecule has 2 aliphatic rings. The molecule has 2 N–H and O–H groups in total. The van der Waals surface area contributed by atoms with Gasteiger partial charge in [-0.2, -0.15) is 0 Å². The van der Waals surface area contributed by atoms with Crippen LogP contribution < -0.4 is 10.6 Å². The van der Waals surface area contributed by atoms with Crippen LogP contribution in [0.2, 0.25) is 0 Å². The average Bonchev–Trinajstić information content (AvgIpc) is 2.80. The Morgan fingerprint density at radius 3 is 2.40 bits per heavy atom. The second-order valence-corrected chi connectivity index (χ2v) is 5.97. The zero-order chi connectivity index (χ0) is 13.9. The number of carbonyl (C=O) groups is 1. The van der Waals surface area contributed by atoms with Crippen molar-refractivity contribution in [1.82, 2.24) is 4.90 Å². The maximum absolute atomic E-state index is 11.8. The molecular weight excluding hydrogens is 250 g/mol. The molecule has 4 heteroatoms. The Kier molecular flexibility index (Phi) is 4.03. The molecule has 2 heterocycles. The minimum absolute atomic E-state index is 0.0180. The Morgan fingerprint density at radius 2 is 1.80 bits per heavy atom. The lowest BCUT2D eigenvalue weighted by molar-refractivity contribution is -0.117. The molecule has 20 heavy (non-hydrogen) atoms. The summed E-state index contributed by atoms with van der Waals surface area (Å²) >= 11 is 0. The molecular formula is C16H23N3O. The van der Waals surface area contributed by atoms with Crippen molar-refractivity contribution in [3.05, 3.63) is 29.8 Å². The molecule has 0 aromatic heterocycles. The Hall–Kier alpha value is -1.39. The van der Waals surface area contributed by atoms with Gasteiger partial charge >= 0.3 is 0 Å². The number of benzene rings is 1. The number of amides is 1. The molecule has 0 radical (unpaired) electrons. The molecule has 2 saturated heterocycles. The van der Waals surface area contributed by atoms with E-state index in [4.69, 9.17) is 5.73 Å². The summed E-state index contributed by atoms with van der Waals surface area (Å²) in [6.45, 7) is 4.08. The van der Waals surface area contributed by atoms with Gasteiger partial charge in [-0.05, 0) is 43.6 Å². The highest BCUT2D eigenvalue weighted by molar-refractivity contribution is 5.96. The zero-order valence-corrected chi connectivity index (χ0v) is 11.9. The first-order valence-corrected chi connectivity index (χ1v) is 7.59. The number of anilines is 1. The van der Waals surface area contributed by atoms with Gasteiger partial charge in [0.1, 0.15) is 0 Å². The topological polar surface area (TPSA) is 49.6 Å². The van der Waals surface area contributed by atoms with Crippen LogP contribution >= 0.6 is 0 Å². The molecule has 0 aliphatic carbocycles. The summed E-state index contributed by atoms with van der Waals surface area (Å²) < 4.78 is 0. The van der Waals surface area contributed by atoms with Crippen LogP contribution in [-0.4, -0.2) is 36.5 Å². The van der Waals surface area contributed by atoms with Gasteiger partial charge in [0.2, 0.25) is 5.91 Å². The summed E-state index contributed by atoms with van der Waals surface area (Å²) in [5, 5.41) is 0. The number of nitrogens with two attached hydrogens (primary N) is 1. The van der Waals surface area contributed by atoms with Crippen LogP contribution in [0.15, 0.2) is 24.3 Å². The highest BCUT2D eigenvalue weighted by Crippen LogP contribution is 2.22. The fourth-order valence-corrected chi connectivity index (χ4v) is 3.14. The summed E-state index contributed by atoms with van der Waals surface area (Å²) in [6, 6.07) is 8.36. The van der Waals surface area contributed by atoms with E-state index in [1.54, 1.807) is 4.90 Å². The lowest BCUT2D eigenvalue weighted by Crippen LogP contribution is -2.29. The van der Waals surface area contributed by atoms with Gasteiger partial charge in [0, 0.05) is 31.2 Å². The average molecular weight is 273 g/mol. The summed E-state index contributed by atoms with van der Waals surface area (Å²) in [6.07, 6.45) is 4.47. The van der Waals surface area contributed by atoms with Gasteiger partial charge in [0.05, 0.1) is 0 Å². The van der Waals surface area contributed by atoms with Crippen LogP contribution in [0, 0.1) is 0 Å². The fourth-order valence-electron chi connectivity index (χ4n) is 3.14. The third-order valence-electron chi connectivity index (χ3n) is 4.26. The molecule has 2 fully saturated rings. The Bertz CT molecular complexity index is 465. The predicted molar refractivity (Wildman–Crippen MR) is 80.5 cm³/mol. The van der Waals surface area contributed by atoms with Crippen LogP contribution in [0.4, 0.5) is 5.69 Å². The molecule has 1 aromatic rings. The van der Waals surface area contributed by atoms with E-state index in [9.17, 15) is 4.79 Å². The minimum atomic E-state index is -0.0180. The molecule has 108 valence electrons. The Morgan fingerprint density at radius 1 is 1.10 bits per heavy atom. The van der Waals surface area contributed by atoms with Crippen LogP contribution in [0.3, 0.4) is 0 Å². The van der Waals surface area contributed by atoms with Crippen LogP contribution in [-0.2, 0) is 11.3 Å². The minimum Gasteiger partial charge on any atom is -0.326 e. The third-order valence-corrected chi connectivity index (χ3v) is 4.26. The number of carbonyl (C=O) groups excluding carboxylic acids is 1. The first kappa shape index (κ1) is 13.6. The number of piperidine rings is 1. The summed E-state index contributed by atoms with van der Waals surface area (Å²) in [5.74, 6) is 0.140. The summed E-state index contributed by atoms with van der Waals surface area (Å²) in [7, 11) is 0. The second-order valence-electron chi connectivity index (χ2n) is 5.97. The van der Waals surface area contributed by atoms with Crippen molar-refractivity contribution in [3.8, 4) is 0 Å². The van der Waals surface area contributed by atoms with E-state index in [1.165, 1.54) is 37.9 Å². The quantitative estimate of drug-likeness (QED) is 0.912. The number of nitrogens with zero attached hydrogens (tertiary/aromatic N) is 2. The molecule has 0 spiro atoms. The van der Waals surface area contributed by atoms with E-state index in [-0.39, 0.29) is 11.9 Å². The van der Waals surface area contributed by atoms with Gasteiger partial charge < -0.3 is 10.6 Å². The highest BCUT2D eigenvalue weighted by atomic mass is 16.2. The van der Waals surface area contributed by atoms with Gasteiger partial charge in [-0.3, -0.25) is 9.69 Å². The maximum atomic E-state index is 11.8. The first-order chi connectivity index (χ1) is 9.72. The Balaban J connectivity index is 1.63. The van der Waals surface area contributed by atoms with Crippen molar-refractivity contribution >= 4 is 11.6 Å². The molecule has 1 atom stereocenters. The summed E-state index contributed by atoms with van der Waals surface area (Å²) in [4.78, 5) is 16.1. The Labute approximate surface area is 120 Å². The second kappa shape index (κ2) is 5.94. The van der Waals surface area contributed by atoms with Gasteiger partial charge in [-0.25, -0.2) is 0 Å². The SMILES string of the molecule is N[C@@H]1CC(=O)N(c2ccc(CN3CCCCC3)cc2)C1. The standard InChI is InChI=1S/C16H23N3O/c17-14-10-16(20)19(12-14)15-6-4-13(5-7-15)11-18-8-2-1-3-9-18/h4-7,14H,1-3,8-12,17H2/t14-/m1/s1. The van der Waals surface area contributed by atoms with Crippen LogP contribution in [0.5, 0.6) is 0 Å². The van der Waals surface area contributed by atoms with E-state index in [1.807, 2.05) is 0 Å². The van der Waals surface area contributed by atoms with Crippen molar-refractivity contribution in [3.63, 3.8) is 0 Å². The number of hydrogen-bond donors (Lipinski definition) is 1. The lowest BCUT2D eigenvalue weighted by Gasteiger charge is -2.26. The first-order valence-electron chi connectivity index (χ1n) is 7.59. The van der Waals surface area contributed by atoms with Gasteiger partial charge in [0.15, 0.2) is 0 Å². The van der Waals surface area contributed by atoms with Gasteiger partial charge in [-0.1, -0.05) is 18.6 Å². The van der Waals surface area contributed by atoms with Crippen LogP contribution in [0.25, 0.3) is 0 Å². The van der Waals surface area contributed by atoms with E-state index < -0.39 is 0 Å². The largest absolute Gasteiger partial charge is 0.326 e. The third kappa shape index (κ3) is 3.02. The molecule has 0 saturated carbocycles. The lowest BCUT2D eigenvalue weighted by atomic mass is 10.1. The highest BCUT2D eigenvalue weighted by Gasteiger charge is 2.27. The van der Waals surface area contributed by atoms with E-state index >= 15 is 0 Å². The van der Waals surface area contributed by atoms with Crippen LogP contribution in [0.1, 0.15) is 31.2 Å². The van der Waals surface area contributed by atoms with E-state index in [0.717, 1.165) is 12.2 Å². The number of hydrogen-bond acceptors (Lipinski definition) is 3. The molecule has 0 unspecified atom stereocenters. The van der Waals surface area contributed by atoms with Crippen molar-refractivity contribution in [2.75, 3.05) is 24.5 Å². The normalized spacial score (nSPS) is 24.4. The molecule has 2 aliphatic heterocycles. The van der Waals surface area contributed by atoms with Crippen molar-refractivity contribution in [2.45, 2.75) is 38.3 Å². The fraction of sp³-hybridized carbons (Fsp3) is 0.562. The van der Waals surface area contributed by atoms with Crippen molar-refractivity contribution < 1.29 is 4.79 Å². The van der Waals surface area contributed by atoms with E-state index in [0.29, 0.717) is 13.0 Å². The van der Waals surface area contributed by atoms with Crippen molar-refractivity contribution in [2.24, 2.45) is 5.73 Å². The number of rotatable bonds is 3. The molecule has 3 rings (SSSR count). The smallest absolute Gasteiger partial charge is 0.228 e.